The molecular formula is C13H14N2O2. The molecule has 17 heavy (non-hydrogen) atoms. The summed E-state index contributed by atoms with van der Waals surface area (Å²) in [5.41, 5.74) is 1.61. The van der Waals surface area contributed by atoms with Crippen molar-refractivity contribution < 1.29 is 9.53 Å². The lowest BCUT2D eigenvalue weighted by Crippen LogP contribution is -2.40. The highest BCUT2D eigenvalue weighted by Crippen LogP contribution is 2.09. The average molecular weight is 230 g/mol. The summed E-state index contributed by atoms with van der Waals surface area (Å²) in [7, 11) is 0. The summed E-state index contributed by atoms with van der Waals surface area (Å²) >= 11 is 0. The number of amides is 1. The van der Waals surface area contributed by atoms with Crippen LogP contribution in [0.4, 0.5) is 0 Å². The van der Waals surface area contributed by atoms with Crippen LogP contribution in [0.25, 0.3) is 0 Å². The van der Waals surface area contributed by atoms with E-state index in [2.05, 4.69) is 6.07 Å². The van der Waals surface area contributed by atoms with E-state index in [4.69, 9.17) is 10.00 Å². The fourth-order valence-electron chi connectivity index (χ4n) is 1.81. The second-order valence-corrected chi connectivity index (χ2v) is 3.94. The van der Waals surface area contributed by atoms with Crippen molar-refractivity contribution in [1.82, 2.24) is 4.90 Å². The van der Waals surface area contributed by atoms with Crippen molar-refractivity contribution in [2.75, 3.05) is 26.3 Å². The molecule has 1 aliphatic heterocycles. The van der Waals surface area contributed by atoms with E-state index in [-0.39, 0.29) is 5.91 Å². The number of nitrogens with zero attached hydrogens (tertiary/aromatic N) is 2. The van der Waals surface area contributed by atoms with Crippen LogP contribution >= 0.6 is 0 Å². The molecule has 0 radical (unpaired) electrons. The number of hydrogen-bond donors (Lipinski definition) is 0. The van der Waals surface area contributed by atoms with E-state index in [1.807, 2.05) is 12.1 Å². The summed E-state index contributed by atoms with van der Waals surface area (Å²) in [6, 6.07) is 9.31. The highest BCUT2D eigenvalue weighted by molar-refractivity contribution is 5.94. The maximum absolute atomic E-state index is 12.1. The van der Waals surface area contributed by atoms with E-state index in [1.165, 1.54) is 0 Å². The summed E-state index contributed by atoms with van der Waals surface area (Å²) < 4.78 is 5.21. The summed E-state index contributed by atoms with van der Waals surface area (Å²) in [5, 5.41) is 8.56. The maximum atomic E-state index is 12.1. The molecule has 2 rings (SSSR count). The molecule has 0 bridgehead atoms. The molecule has 88 valence electrons. The number of carbonyl (C=O) groups excluding carboxylic acids is 1. The Balaban J connectivity index is 2.06. The summed E-state index contributed by atoms with van der Waals surface area (Å²) in [5.74, 6) is 0.0387. The van der Waals surface area contributed by atoms with Gasteiger partial charge in [-0.3, -0.25) is 4.79 Å². The first-order valence-corrected chi connectivity index (χ1v) is 5.64. The standard InChI is InChI=1S/C13H14N2O2/c14-6-5-11-1-3-12(4-2-11)13(16)15-7-9-17-10-8-15/h1-4H,5,7-10H2. The van der Waals surface area contributed by atoms with Crippen LogP contribution in [-0.2, 0) is 11.2 Å². The predicted octanol–water partition coefficient (Wildman–Crippen LogP) is 1.23. The van der Waals surface area contributed by atoms with Gasteiger partial charge in [0, 0.05) is 18.7 Å². The van der Waals surface area contributed by atoms with Crippen molar-refractivity contribution in [3.05, 3.63) is 35.4 Å². The molecule has 1 saturated heterocycles. The average Bonchev–Trinajstić information content (AvgIpc) is 2.40. The monoisotopic (exact) mass is 230 g/mol. The Hall–Kier alpha value is -1.86. The van der Waals surface area contributed by atoms with Gasteiger partial charge in [0.15, 0.2) is 0 Å². The van der Waals surface area contributed by atoms with Crippen LogP contribution in [0.1, 0.15) is 15.9 Å². The number of benzene rings is 1. The van der Waals surface area contributed by atoms with Gasteiger partial charge in [0.1, 0.15) is 0 Å². The van der Waals surface area contributed by atoms with Crippen molar-refractivity contribution in [2.24, 2.45) is 0 Å². The predicted molar refractivity (Wildman–Crippen MR) is 62.5 cm³/mol. The first-order chi connectivity index (χ1) is 8.31. The lowest BCUT2D eigenvalue weighted by molar-refractivity contribution is 0.0303. The van der Waals surface area contributed by atoms with Crippen molar-refractivity contribution in [2.45, 2.75) is 6.42 Å². The van der Waals surface area contributed by atoms with Crippen LogP contribution < -0.4 is 0 Å². The summed E-state index contributed by atoms with van der Waals surface area (Å²) in [4.78, 5) is 13.9. The fraction of sp³-hybridized carbons (Fsp3) is 0.385. The first kappa shape index (κ1) is 11.6. The lowest BCUT2D eigenvalue weighted by atomic mass is 10.1. The van der Waals surface area contributed by atoms with Gasteiger partial charge < -0.3 is 9.64 Å². The number of hydrogen-bond acceptors (Lipinski definition) is 3. The first-order valence-electron chi connectivity index (χ1n) is 5.64. The van der Waals surface area contributed by atoms with Gasteiger partial charge in [-0.15, -0.1) is 0 Å². The smallest absolute Gasteiger partial charge is 0.254 e. The van der Waals surface area contributed by atoms with E-state index in [1.54, 1.807) is 17.0 Å². The van der Waals surface area contributed by atoms with Gasteiger partial charge in [-0.05, 0) is 17.7 Å². The number of morpholine rings is 1. The molecule has 0 saturated carbocycles. The molecule has 0 aromatic heterocycles. The largest absolute Gasteiger partial charge is 0.378 e. The molecule has 4 heteroatoms. The Bertz CT molecular complexity index is 428. The minimum absolute atomic E-state index is 0.0387. The van der Waals surface area contributed by atoms with Crippen molar-refractivity contribution in [1.29, 1.82) is 5.26 Å². The van der Waals surface area contributed by atoms with Gasteiger partial charge in [-0.2, -0.15) is 5.26 Å². The molecule has 0 unspecified atom stereocenters. The molecule has 4 nitrogen and oxygen atoms in total. The molecule has 1 heterocycles. The molecule has 1 aromatic rings. The minimum atomic E-state index is 0.0387. The van der Waals surface area contributed by atoms with Crippen molar-refractivity contribution in [3.8, 4) is 6.07 Å². The molecule has 1 aliphatic rings. The number of nitriles is 1. The van der Waals surface area contributed by atoms with Gasteiger partial charge in [0.05, 0.1) is 25.7 Å². The van der Waals surface area contributed by atoms with Crippen LogP contribution in [0.15, 0.2) is 24.3 Å². The third kappa shape index (κ3) is 2.83. The summed E-state index contributed by atoms with van der Waals surface area (Å²) in [6.07, 6.45) is 0.381. The van der Waals surface area contributed by atoms with Crippen LogP contribution in [0.3, 0.4) is 0 Å². The number of carbonyl (C=O) groups is 1. The maximum Gasteiger partial charge on any atom is 0.254 e. The van der Waals surface area contributed by atoms with Gasteiger partial charge in [0.25, 0.3) is 5.91 Å². The van der Waals surface area contributed by atoms with Crippen molar-refractivity contribution >= 4 is 5.91 Å². The molecular weight excluding hydrogens is 216 g/mol. The van der Waals surface area contributed by atoms with E-state index in [0.29, 0.717) is 38.3 Å². The highest BCUT2D eigenvalue weighted by atomic mass is 16.5. The Labute approximate surface area is 100 Å². The highest BCUT2D eigenvalue weighted by Gasteiger charge is 2.17. The van der Waals surface area contributed by atoms with Gasteiger partial charge in [-0.25, -0.2) is 0 Å². The minimum Gasteiger partial charge on any atom is -0.378 e. The second kappa shape index (κ2) is 5.46. The molecule has 1 fully saturated rings. The molecule has 1 amide bonds. The fourth-order valence-corrected chi connectivity index (χ4v) is 1.81. The van der Waals surface area contributed by atoms with Gasteiger partial charge in [0.2, 0.25) is 0 Å². The lowest BCUT2D eigenvalue weighted by Gasteiger charge is -2.26. The van der Waals surface area contributed by atoms with E-state index in [9.17, 15) is 4.79 Å². The Morgan fingerprint density at radius 1 is 1.29 bits per heavy atom. The molecule has 0 spiro atoms. The molecule has 1 aromatic carbocycles. The zero-order valence-corrected chi connectivity index (χ0v) is 9.56. The SMILES string of the molecule is N#CCc1ccc(C(=O)N2CCOCC2)cc1. The zero-order valence-electron chi connectivity index (χ0n) is 9.56. The van der Waals surface area contributed by atoms with Gasteiger partial charge >= 0.3 is 0 Å². The third-order valence-electron chi connectivity index (χ3n) is 2.78. The van der Waals surface area contributed by atoms with Crippen LogP contribution in [-0.4, -0.2) is 37.1 Å². The van der Waals surface area contributed by atoms with Crippen LogP contribution in [0, 0.1) is 11.3 Å². The van der Waals surface area contributed by atoms with Crippen LogP contribution in [0.5, 0.6) is 0 Å². The Morgan fingerprint density at radius 3 is 2.53 bits per heavy atom. The normalized spacial score (nSPS) is 15.4. The second-order valence-electron chi connectivity index (χ2n) is 3.94. The van der Waals surface area contributed by atoms with Crippen molar-refractivity contribution in [3.63, 3.8) is 0 Å². The Kier molecular flexibility index (Phi) is 3.73. The number of ether oxygens (including phenoxy) is 1. The molecule has 0 aliphatic carbocycles. The molecule has 0 N–H and O–H groups in total. The topological polar surface area (TPSA) is 53.3 Å². The van der Waals surface area contributed by atoms with Crippen LogP contribution in [0.2, 0.25) is 0 Å². The van der Waals surface area contributed by atoms with E-state index >= 15 is 0 Å². The Morgan fingerprint density at radius 2 is 1.94 bits per heavy atom. The van der Waals surface area contributed by atoms with E-state index < -0.39 is 0 Å². The zero-order chi connectivity index (χ0) is 12.1. The quantitative estimate of drug-likeness (QED) is 0.767. The third-order valence-corrected chi connectivity index (χ3v) is 2.78. The number of rotatable bonds is 2. The summed E-state index contributed by atoms with van der Waals surface area (Å²) in [6.45, 7) is 2.52. The molecule has 0 atom stereocenters. The van der Waals surface area contributed by atoms with Gasteiger partial charge in [-0.1, -0.05) is 12.1 Å². The van der Waals surface area contributed by atoms with E-state index in [0.717, 1.165) is 5.56 Å².